The molecule has 0 amide bonds. The van der Waals surface area contributed by atoms with Crippen molar-refractivity contribution in [2.45, 2.75) is 19.2 Å². The summed E-state index contributed by atoms with van der Waals surface area (Å²) in [5.74, 6) is 1.49. The Kier molecular flexibility index (Phi) is 7.42. The largest absolute Gasteiger partial charge is 0.493 e. The molecule has 3 aromatic rings. The highest BCUT2D eigenvalue weighted by molar-refractivity contribution is 7.10. The minimum Gasteiger partial charge on any atom is -0.493 e. The third-order valence-corrected chi connectivity index (χ3v) is 5.51. The van der Waals surface area contributed by atoms with Crippen LogP contribution in [0.1, 0.15) is 22.0 Å². The maximum absolute atomic E-state index is 5.91. The maximum Gasteiger partial charge on any atom is 0.161 e. The van der Waals surface area contributed by atoms with Crippen molar-refractivity contribution in [3.8, 4) is 11.5 Å². The van der Waals surface area contributed by atoms with Crippen molar-refractivity contribution in [1.29, 1.82) is 0 Å². The van der Waals surface area contributed by atoms with Crippen LogP contribution < -0.4 is 14.8 Å². The first-order valence-corrected chi connectivity index (χ1v) is 10.1. The fourth-order valence-electron chi connectivity index (χ4n) is 2.95. The molecular weight excluding hydrogens is 370 g/mol. The molecule has 0 aliphatic rings. The standard InChI is InChI=1S/C22H27N3O2S/c1-25(2)19(22-5-4-12-28-22)15-24-14-18-6-7-20(21(13-18)26-3)27-16-17-8-10-23-11-9-17/h4-13,19,24H,14-16H2,1-3H3. The monoisotopic (exact) mass is 397 g/mol. The molecule has 0 saturated carbocycles. The van der Waals surface area contributed by atoms with Gasteiger partial charge in [0.1, 0.15) is 6.61 Å². The summed E-state index contributed by atoms with van der Waals surface area (Å²) in [7, 11) is 5.90. The van der Waals surface area contributed by atoms with Crippen molar-refractivity contribution >= 4 is 11.3 Å². The van der Waals surface area contributed by atoms with Crippen LogP contribution in [-0.2, 0) is 13.2 Å². The van der Waals surface area contributed by atoms with E-state index in [0.717, 1.165) is 35.7 Å². The number of pyridine rings is 1. The average molecular weight is 398 g/mol. The summed E-state index contributed by atoms with van der Waals surface area (Å²) < 4.78 is 11.4. The Labute approximate surface area is 170 Å². The Hall–Kier alpha value is -2.41. The van der Waals surface area contributed by atoms with Crippen LogP contribution in [0.2, 0.25) is 0 Å². The number of likely N-dealkylation sites (N-methyl/N-ethyl adjacent to an activating group) is 1. The SMILES string of the molecule is COc1cc(CNCC(c2cccs2)N(C)C)ccc1OCc1ccncc1. The summed E-state index contributed by atoms with van der Waals surface area (Å²) >= 11 is 1.80. The van der Waals surface area contributed by atoms with E-state index in [9.17, 15) is 0 Å². The van der Waals surface area contributed by atoms with Gasteiger partial charge in [-0.25, -0.2) is 0 Å². The Morgan fingerprint density at radius 1 is 1.07 bits per heavy atom. The fraction of sp³-hybridized carbons (Fsp3) is 0.318. The Bertz CT molecular complexity index is 838. The van der Waals surface area contributed by atoms with Crippen molar-refractivity contribution in [2.75, 3.05) is 27.7 Å². The molecule has 0 spiro atoms. The highest BCUT2D eigenvalue weighted by atomic mass is 32.1. The number of ether oxygens (including phenoxy) is 2. The summed E-state index contributed by atoms with van der Waals surface area (Å²) in [6.45, 7) is 2.15. The van der Waals surface area contributed by atoms with Crippen molar-refractivity contribution < 1.29 is 9.47 Å². The van der Waals surface area contributed by atoms with Gasteiger partial charge in [0.2, 0.25) is 0 Å². The topological polar surface area (TPSA) is 46.6 Å². The zero-order chi connectivity index (χ0) is 19.8. The predicted octanol–water partition coefficient (Wildman–Crippen LogP) is 4.12. The summed E-state index contributed by atoms with van der Waals surface area (Å²) in [6.07, 6.45) is 3.53. The molecule has 148 valence electrons. The molecule has 6 heteroatoms. The van der Waals surface area contributed by atoms with Crippen LogP contribution in [0.4, 0.5) is 0 Å². The van der Waals surface area contributed by atoms with E-state index in [1.165, 1.54) is 4.88 Å². The third kappa shape index (κ3) is 5.55. The third-order valence-electron chi connectivity index (χ3n) is 4.53. The highest BCUT2D eigenvalue weighted by Gasteiger charge is 2.14. The molecule has 1 aromatic carbocycles. The van der Waals surface area contributed by atoms with Crippen LogP contribution in [-0.4, -0.2) is 37.6 Å². The highest BCUT2D eigenvalue weighted by Crippen LogP contribution is 2.29. The summed E-state index contributed by atoms with van der Waals surface area (Å²) in [5.41, 5.74) is 2.24. The minimum absolute atomic E-state index is 0.366. The number of aromatic nitrogens is 1. The van der Waals surface area contributed by atoms with Gasteiger partial charge >= 0.3 is 0 Å². The lowest BCUT2D eigenvalue weighted by Gasteiger charge is -2.23. The second-order valence-corrected chi connectivity index (χ2v) is 7.73. The molecule has 0 radical (unpaired) electrons. The fourth-order valence-corrected chi connectivity index (χ4v) is 3.88. The average Bonchev–Trinajstić information content (AvgIpc) is 3.24. The van der Waals surface area contributed by atoms with Gasteiger partial charge in [-0.15, -0.1) is 11.3 Å². The van der Waals surface area contributed by atoms with E-state index in [4.69, 9.17) is 9.47 Å². The summed E-state index contributed by atoms with van der Waals surface area (Å²) in [4.78, 5) is 7.64. The molecule has 0 aliphatic carbocycles. The number of methoxy groups -OCH3 is 1. The normalized spacial score (nSPS) is 12.1. The molecule has 1 atom stereocenters. The van der Waals surface area contributed by atoms with E-state index in [2.05, 4.69) is 52.9 Å². The van der Waals surface area contributed by atoms with Gasteiger partial charge in [-0.3, -0.25) is 4.98 Å². The van der Waals surface area contributed by atoms with Crippen LogP contribution in [0.5, 0.6) is 11.5 Å². The molecule has 2 heterocycles. The lowest BCUT2D eigenvalue weighted by atomic mass is 10.1. The number of rotatable bonds is 10. The summed E-state index contributed by atoms with van der Waals surface area (Å²) in [6, 6.07) is 14.6. The molecule has 5 nitrogen and oxygen atoms in total. The predicted molar refractivity (Wildman–Crippen MR) is 114 cm³/mol. The first kappa shape index (κ1) is 20.3. The number of thiophene rings is 1. The van der Waals surface area contributed by atoms with Gasteiger partial charge in [-0.1, -0.05) is 12.1 Å². The molecule has 1 N–H and O–H groups in total. The second-order valence-electron chi connectivity index (χ2n) is 6.76. The van der Waals surface area contributed by atoms with Crippen molar-refractivity contribution in [3.63, 3.8) is 0 Å². The van der Waals surface area contributed by atoms with Crippen LogP contribution in [0.3, 0.4) is 0 Å². The van der Waals surface area contributed by atoms with Crippen LogP contribution in [0.25, 0.3) is 0 Å². The number of benzene rings is 1. The number of hydrogen-bond acceptors (Lipinski definition) is 6. The Morgan fingerprint density at radius 3 is 2.57 bits per heavy atom. The Morgan fingerprint density at radius 2 is 1.89 bits per heavy atom. The zero-order valence-corrected chi connectivity index (χ0v) is 17.4. The molecule has 28 heavy (non-hydrogen) atoms. The van der Waals surface area contributed by atoms with Crippen molar-refractivity contribution in [3.05, 3.63) is 76.2 Å². The van der Waals surface area contributed by atoms with Gasteiger partial charge < -0.3 is 19.7 Å². The van der Waals surface area contributed by atoms with Crippen molar-refractivity contribution in [2.24, 2.45) is 0 Å². The molecule has 0 saturated heterocycles. The zero-order valence-electron chi connectivity index (χ0n) is 16.6. The molecule has 3 rings (SSSR count). The lowest BCUT2D eigenvalue weighted by molar-refractivity contribution is 0.283. The smallest absolute Gasteiger partial charge is 0.161 e. The molecule has 2 aromatic heterocycles. The number of hydrogen-bond donors (Lipinski definition) is 1. The molecular formula is C22H27N3O2S. The van der Waals surface area contributed by atoms with E-state index < -0.39 is 0 Å². The van der Waals surface area contributed by atoms with Crippen LogP contribution in [0.15, 0.2) is 60.2 Å². The van der Waals surface area contributed by atoms with Gasteiger partial charge in [0.15, 0.2) is 11.5 Å². The quantitative estimate of drug-likeness (QED) is 0.558. The Balaban J connectivity index is 1.57. The van der Waals surface area contributed by atoms with Gasteiger partial charge in [0.25, 0.3) is 0 Å². The van der Waals surface area contributed by atoms with E-state index >= 15 is 0 Å². The molecule has 0 fully saturated rings. The molecule has 0 aliphatic heterocycles. The van der Waals surface area contributed by atoms with E-state index in [1.807, 2.05) is 24.3 Å². The first-order valence-electron chi connectivity index (χ1n) is 9.26. The van der Waals surface area contributed by atoms with Crippen LogP contribution in [0, 0.1) is 0 Å². The van der Waals surface area contributed by atoms with Gasteiger partial charge in [0.05, 0.1) is 13.2 Å². The van der Waals surface area contributed by atoms with Gasteiger partial charge in [-0.05, 0) is 60.9 Å². The van der Waals surface area contributed by atoms with E-state index in [1.54, 1.807) is 30.8 Å². The van der Waals surface area contributed by atoms with E-state index in [0.29, 0.717) is 12.6 Å². The number of nitrogens with one attached hydrogen (secondary N) is 1. The first-order chi connectivity index (χ1) is 13.7. The van der Waals surface area contributed by atoms with E-state index in [-0.39, 0.29) is 0 Å². The minimum atomic E-state index is 0.366. The second kappa shape index (κ2) is 10.2. The van der Waals surface area contributed by atoms with Crippen LogP contribution >= 0.6 is 11.3 Å². The van der Waals surface area contributed by atoms with Crippen molar-refractivity contribution in [1.82, 2.24) is 15.2 Å². The number of nitrogens with zero attached hydrogens (tertiary/aromatic N) is 2. The molecule has 1 unspecified atom stereocenters. The lowest BCUT2D eigenvalue weighted by Crippen LogP contribution is -2.30. The van der Waals surface area contributed by atoms with Gasteiger partial charge in [0, 0.05) is 30.4 Å². The summed E-state index contributed by atoms with van der Waals surface area (Å²) in [5, 5.41) is 5.69. The molecule has 0 bridgehead atoms. The van der Waals surface area contributed by atoms with Gasteiger partial charge in [-0.2, -0.15) is 0 Å². The maximum atomic E-state index is 5.91.